The van der Waals surface area contributed by atoms with Gasteiger partial charge in [-0.1, -0.05) is 37.3 Å². The number of aryl methyl sites for hydroxylation is 1. The van der Waals surface area contributed by atoms with Crippen LogP contribution in [0.15, 0.2) is 6.20 Å². The van der Waals surface area contributed by atoms with E-state index >= 15 is 0 Å². The van der Waals surface area contributed by atoms with Gasteiger partial charge in [0.25, 0.3) is 0 Å². The molecule has 0 aliphatic heterocycles. The molecular formula is C14H26N4O. The van der Waals surface area contributed by atoms with E-state index < -0.39 is 0 Å². The lowest BCUT2D eigenvalue weighted by atomic mass is 9.97. The molecule has 1 aliphatic rings. The predicted octanol–water partition coefficient (Wildman–Crippen LogP) is 1.86. The van der Waals surface area contributed by atoms with Crippen molar-refractivity contribution in [2.24, 2.45) is 0 Å². The Bertz CT molecular complexity index is 345. The van der Waals surface area contributed by atoms with Crippen LogP contribution in [0.2, 0.25) is 0 Å². The number of nitrogens with zero attached hydrogens (tertiary/aromatic N) is 3. The van der Waals surface area contributed by atoms with Crippen LogP contribution in [-0.2, 0) is 13.1 Å². The van der Waals surface area contributed by atoms with Gasteiger partial charge in [0.05, 0.1) is 5.69 Å². The number of nitrogens with one attached hydrogen (secondary N) is 1. The number of hydrogen-bond donors (Lipinski definition) is 2. The van der Waals surface area contributed by atoms with E-state index in [0.717, 1.165) is 25.2 Å². The van der Waals surface area contributed by atoms with Gasteiger partial charge in [-0.25, -0.2) is 0 Å². The number of aliphatic hydroxyl groups excluding tert-OH is 1. The Morgan fingerprint density at radius 1 is 1.21 bits per heavy atom. The second kappa shape index (κ2) is 8.27. The monoisotopic (exact) mass is 266 g/mol. The minimum atomic E-state index is 0.204. The summed E-state index contributed by atoms with van der Waals surface area (Å²) >= 11 is 0. The molecule has 0 aromatic carbocycles. The van der Waals surface area contributed by atoms with E-state index in [1.165, 1.54) is 44.9 Å². The summed E-state index contributed by atoms with van der Waals surface area (Å²) in [6.07, 6.45) is 12.2. The van der Waals surface area contributed by atoms with Crippen LogP contribution in [0.1, 0.15) is 57.1 Å². The average Bonchev–Trinajstić information content (AvgIpc) is 2.83. The van der Waals surface area contributed by atoms with Crippen LogP contribution in [-0.4, -0.2) is 32.7 Å². The summed E-state index contributed by atoms with van der Waals surface area (Å²) in [5.41, 5.74) is 1.000. The van der Waals surface area contributed by atoms with E-state index in [0.29, 0.717) is 6.04 Å². The Kier molecular flexibility index (Phi) is 6.30. The second-order valence-corrected chi connectivity index (χ2v) is 5.47. The lowest BCUT2D eigenvalue weighted by Crippen LogP contribution is -2.29. The second-order valence-electron chi connectivity index (χ2n) is 5.47. The maximum Gasteiger partial charge on any atom is 0.0964 e. The fourth-order valence-corrected chi connectivity index (χ4v) is 2.67. The van der Waals surface area contributed by atoms with Crippen LogP contribution in [0.3, 0.4) is 0 Å². The summed E-state index contributed by atoms with van der Waals surface area (Å²) in [7, 11) is 0. The van der Waals surface area contributed by atoms with E-state index in [1.807, 2.05) is 10.9 Å². The predicted molar refractivity (Wildman–Crippen MR) is 74.7 cm³/mol. The van der Waals surface area contributed by atoms with Crippen LogP contribution < -0.4 is 5.32 Å². The van der Waals surface area contributed by atoms with Crippen molar-refractivity contribution in [2.45, 2.75) is 70.5 Å². The third kappa shape index (κ3) is 5.28. The molecule has 5 nitrogen and oxygen atoms in total. The van der Waals surface area contributed by atoms with Gasteiger partial charge >= 0.3 is 0 Å². The van der Waals surface area contributed by atoms with Gasteiger partial charge in [-0.15, -0.1) is 5.10 Å². The number of aliphatic hydroxyl groups is 1. The molecule has 0 spiro atoms. The minimum absolute atomic E-state index is 0.204. The van der Waals surface area contributed by atoms with Crippen LogP contribution in [0.5, 0.6) is 0 Å². The summed E-state index contributed by atoms with van der Waals surface area (Å²) in [5, 5.41) is 20.6. The van der Waals surface area contributed by atoms with Gasteiger partial charge in [-0.2, -0.15) is 0 Å². The Morgan fingerprint density at radius 2 is 1.95 bits per heavy atom. The maximum absolute atomic E-state index is 8.78. The molecule has 1 aliphatic carbocycles. The van der Waals surface area contributed by atoms with Gasteiger partial charge < -0.3 is 10.4 Å². The normalized spacial score (nSPS) is 18.2. The summed E-state index contributed by atoms with van der Waals surface area (Å²) < 4.78 is 1.81. The lowest BCUT2D eigenvalue weighted by molar-refractivity contribution is 0.276. The third-order valence-corrected chi connectivity index (χ3v) is 3.81. The van der Waals surface area contributed by atoms with Gasteiger partial charge in [0.2, 0.25) is 0 Å². The van der Waals surface area contributed by atoms with E-state index in [4.69, 9.17) is 5.11 Å². The van der Waals surface area contributed by atoms with E-state index in [9.17, 15) is 0 Å². The smallest absolute Gasteiger partial charge is 0.0964 e. The quantitative estimate of drug-likeness (QED) is 0.825. The van der Waals surface area contributed by atoms with Gasteiger partial charge in [-0.05, 0) is 19.3 Å². The van der Waals surface area contributed by atoms with E-state index in [-0.39, 0.29) is 6.61 Å². The molecule has 0 atom stereocenters. The van der Waals surface area contributed by atoms with Crippen LogP contribution in [0.25, 0.3) is 0 Å². The molecule has 0 unspecified atom stereocenters. The van der Waals surface area contributed by atoms with E-state index in [2.05, 4.69) is 15.6 Å². The summed E-state index contributed by atoms with van der Waals surface area (Å²) in [5.74, 6) is 0. The molecule has 1 aromatic rings. The van der Waals surface area contributed by atoms with Gasteiger partial charge in [0.1, 0.15) is 0 Å². The SMILES string of the molecule is OCCCn1cc(CNC2CCCCCCC2)nn1. The highest BCUT2D eigenvalue weighted by Crippen LogP contribution is 2.17. The van der Waals surface area contributed by atoms with Crippen molar-refractivity contribution in [2.75, 3.05) is 6.61 Å². The molecule has 2 N–H and O–H groups in total. The lowest BCUT2D eigenvalue weighted by Gasteiger charge is -2.20. The van der Waals surface area contributed by atoms with Gasteiger partial charge in [0, 0.05) is 31.9 Å². The van der Waals surface area contributed by atoms with Crippen LogP contribution >= 0.6 is 0 Å². The molecule has 0 bridgehead atoms. The highest BCUT2D eigenvalue weighted by atomic mass is 16.3. The van der Waals surface area contributed by atoms with Crippen LogP contribution in [0.4, 0.5) is 0 Å². The molecule has 5 heteroatoms. The molecule has 2 rings (SSSR count). The minimum Gasteiger partial charge on any atom is -0.396 e. The maximum atomic E-state index is 8.78. The molecule has 1 fully saturated rings. The highest BCUT2D eigenvalue weighted by molar-refractivity contribution is 4.92. The van der Waals surface area contributed by atoms with Crippen molar-refractivity contribution in [3.63, 3.8) is 0 Å². The highest BCUT2D eigenvalue weighted by Gasteiger charge is 2.11. The topological polar surface area (TPSA) is 63.0 Å². The van der Waals surface area contributed by atoms with E-state index in [1.54, 1.807) is 0 Å². The Morgan fingerprint density at radius 3 is 2.68 bits per heavy atom. The standard InChI is InChI=1S/C14H26N4O/c19-10-6-9-18-12-14(16-17-18)11-15-13-7-4-2-1-3-5-8-13/h12-13,15,19H,1-11H2. The molecule has 0 saturated heterocycles. The van der Waals surface area contributed by atoms with Gasteiger partial charge in [0.15, 0.2) is 0 Å². The molecular weight excluding hydrogens is 240 g/mol. The first-order valence-corrected chi connectivity index (χ1v) is 7.62. The fourth-order valence-electron chi connectivity index (χ4n) is 2.67. The number of hydrogen-bond acceptors (Lipinski definition) is 4. The fraction of sp³-hybridized carbons (Fsp3) is 0.857. The van der Waals surface area contributed by atoms with Crippen molar-refractivity contribution in [3.05, 3.63) is 11.9 Å². The first-order chi connectivity index (χ1) is 9.38. The van der Waals surface area contributed by atoms with Crippen LogP contribution in [0, 0.1) is 0 Å². The zero-order valence-corrected chi connectivity index (χ0v) is 11.7. The Hall–Kier alpha value is -0.940. The molecule has 19 heavy (non-hydrogen) atoms. The molecule has 1 heterocycles. The molecule has 0 radical (unpaired) electrons. The summed E-state index contributed by atoms with van der Waals surface area (Å²) in [4.78, 5) is 0. The first kappa shape index (κ1) is 14.5. The molecule has 1 aromatic heterocycles. The van der Waals surface area contributed by atoms with Crippen molar-refractivity contribution in [1.82, 2.24) is 20.3 Å². The number of aromatic nitrogens is 3. The largest absolute Gasteiger partial charge is 0.396 e. The Balaban J connectivity index is 1.72. The first-order valence-electron chi connectivity index (χ1n) is 7.62. The zero-order valence-electron chi connectivity index (χ0n) is 11.7. The van der Waals surface area contributed by atoms with Crippen molar-refractivity contribution < 1.29 is 5.11 Å². The van der Waals surface area contributed by atoms with Crippen molar-refractivity contribution in [1.29, 1.82) is 0 Å². The van der Waals surface area contributed by atoms with Crippen molar-refractivity contribution in [3.8, 4) is 0 Å². The third-order valence-electron chi connectivity index (χ3n) is 3.81. The number of rotatable bonds is 6. The molecule has 108 valence electrons. The molecule has 0 amide bonds. The van der Waals surface area contributed by atoms with Crippen molar-refractivity contribution >= 4 is 0 Å². The molecule has 1 saturated carbocycles. The summed E-state index contributed by atoms with van der Waals surface area (Å²) in [6.45, 7) is 1.76. The van der Waals surface area contributed by atoms with Gasteiger partial charge in [-0.3, -0.25) is 4.68 Å². The zero-order chi connectivity index (χ0) is 13.3. The average molecular weight is 266 g/mol. The summed E-state index contributed by atoms with van der Waals surface area (Å²) in [6, 6.07) is 0.642. The Labute approximate surface area is 115 Å².